The van der Waals surface area contributed by atoms with Crippen LogP contribution in [-0.2, 0) is 12.8 Å². The Morgan fingerprint density at radius 2 is 0.803 bits per heavy atom. The molecule has 384 valence electrons. The molecule has 0 unspecified atom stereocenters. The molecule has 0 radical (unpaired) electrons. The number of para-hydroxylation sites is 2. The Balaban J connectivity index is 1.23. The van der Waals surface area contributed by atoms with Crippen LogP contribution < -0.4 is 28.7 Å². The summed E-state index contributed by atoms with van der Waals surface area (Å²) in [5.74, 6) is 0.550. The number of imide groups is 2. The number of aryl methyl sites for hydroxylation is 2. The molecule has 0 spiro atoms. The van der Waals surface area contributed by atoms with Gasteiger partial charge in [-0.05, 0) is 131 Å². The maximum absolute atomic E-state index is 15.6. The van der Waals surface area contributed by atoms with E-state index in [4.69, 9.17) is 18.9 Å². The number of benzene rings is 9. The second-order valence-corrected chi connectivity index (χ2v) is 20.1. The lowest BCUT2D eigenvalue weighted by molar-refractivity contribution is 0.0877. The molecule has 9 aromatic rings. The van der Waals surface area contributed by atoms with Gasteiger partial charge in [0.25, 0.3) is 23.6 Å². The van der Waals surface area contributed by atoms with E-state index in [9.17, 15) is 10.2 Å². The van der Waals surface area contributed by atoms with E-state index in [1.54, 1.807) is 72.8 Å². The molecule has 0 saturated carbocycles. The fourth-order valence-electron chi connectivity index (χ4n) is 11.4. The summed E-state index contributed by atoms with van der Waals surface area (Å²) >= 11 is 0. The number of aliphatic hydroxyl groups is 2. The lowest BCUT2D eigenvalue weighted by Crippen LogP contribution is -2.42. The molecule has 0 aliphatic carbocycles. The van der Waals surface area contributed by atoms with E-state index in [2.05, 4.69) is 41.5 Å². The summed E-state index contributed by atoms with van der Waals surface area (Å²) in [5.41, 5.74) is 5.89. The molecule has 0 saturated heterocycles. The van der Waals surface area contributed by atoms with E-state index in [-0.39, 0.29) is 49.4 Å². The smallest absolute Gasteiger partial charge is 0.266 e. The summed E-state index contributed by atoms with van der Waals surface area (Å²) in [4.78, 5) is 64.7. The van der Waals surface area contributed by atoms with Crippen LogP contribution in [0, 0.1) is 0 Å². The van der Waals surface area contributed by atoms with Gasteiger partial charge in [-0.25, -0.2) is 9.80 Å². The van der Waals surface area contributed by atoms with Crippen LogP contribution in [0.5, 0.6) is 34.5 Å². The Morgan fingerprint density at radius 1 is 0.434 bits per heavy atom. The van der Waals surface area contributed by atoms with Gasteiger partial charge in [0, 0.05) is 43.4 Å². The topological polar surface area (TPSA) is 152 Å². The molecule has 2 N–H and O–H groups in total. The minimum atomic E-state index is -0.499. The third-order valence-electron chi connectivity index (χ3n) is 14.6. The van der Waals surface area contributed by atoms with E-state index < -0.39 is 23.6 Å². The molecule has 11 rings (SSSR count). The molecular formula is C64H58N2O10. The zero-order valence-electron chi connectivity index (χ0n) is 43.4. The average Bonchev–Trinajstić information content (AvgIpc) is 3.54. The van der Waals surface area contributed by atoms with Gasteiger partial charge in [0.1, 0.15) is 47.7 Å². The van der Waals surface area contributed by atoms with Crippen molar-refractivity contribution in [1.82, 2.24) is 0 Å². The van der Waals surface area contributed by atoms with Crippen LogP contribution in [0.25, 0.3) is 43.1 Å². The van der Waals surface area contributed by atoms with Crippen LogP contribution in [0.15, 0.2) is 121 Å². The van der Waals surface area contributed by atoms with Gasteiger partial charge in [-0.1, -0.05) is 103 Å². The van der Waals surface area contributed by atoms with Crippen molar-refractivity contribution in [1.29, 1.82) is 0 Å². The highest BCUT2D eigenvalue weighted by atomic mass is 16.5. The number of hydrogen-bond donors (Lipinski definition) is 2. The molecule has 4 amide bonds. The number of fused-ring (bicyclic) bond motifs is 2. The first-order valence-corrected chi connectivity index (χ1v) is 26.2. The average molecular weight is 1020 g/mol. The second kappa shape index (κ2) is 20.1. The van der Waals surface area contributed by atoms with Crippen molar-refractivity contribution in [2.75, 3.05) is 36.2 Å². The normalized spacial score (nSPS) is 13.4. The molecule has 12 heteroatoms. The van der Waals surface area contributed by atoms with Crippen molar-refractivity contribution >= 4 is 78.1 Å². The first kappa shape index (κ1) is 49.9. The SMILES string of the molecule is CCCc1cccc(C(C)C)c1N1C(=O)c2ccc3c4c(Oc5ccc(OCCO)cc5)cc5c6c(ccc(c7c(Oc8ccc(OCCO)cc8)cc(c2c37)C1=O)c64)C(=O)N(c1c(CCC)cccc1C(C)C)C5=O. The Labute approximate surface area is 440 Å². The molecule has 76 heavy (non-hydrogen) atoms. The maximum Gasteiger partial charge on any atom is 0.266 e. The molecule has 12 nitrogen and oxygen atoms in total. The number of rotatable bonds is 18. The highest BCUT2D eigenvalue weighted by Gasteiger charge is 2.42. The van der Waals surface area contributed by atoms with E-state index in [1.165, 1.54) is 9.80 Å². The van der Waals surface area contributed by atoms with Gasteiger partial charge in [0.05, 0.1) is 35.7 Å². The minimum absolute atomic E-state index is 0.0112. The Bertz CT molecular complexity index is 3560. The van der Waals surface area contributed by atoms with Gasteiger partial charge in [-0.3, -0.25) is 19.2 Å². The van der Waals surface area contributed by atoms with Gasteiger partial charge in [0.15, 0.2) is 0 Å². The predicted molar refractivity (Wildman–Crippen MR) is 297 cm³/mol. The molecule has 2 heterocycles. The third-order valence-corrected chi connectivity index (χ3v) is 14.6. The number of carbonyl (C=O) groups is 4. The lowest BCUT2D eigenvalue weighted by Gasteiger charge is -2.34. The Morgan fingerprint density at radius 3 is 1.16 bits per heavy atom. The van der Waals surface area contributed by atoms with Crippen LogP contribution in [0.2, 0.25) is 0 Å². The van der Waals surface area contributed by atoms with Crippen LogP contribution >= 0.6 is 0 Å². The van der Waals surface area contributed by atoms with E-state index >= 15 is 19.2 Å². The van der Waals surface area contributed by atoms with Crippen LogP contribution in [-0.4, -0.2) is 60.3 Å². The predicted octanol–water partition coefficient (Wildman–Crippen LogP) is 13.8. The highest BCUT2D eigenvalue weighted by molar-refractivity contribution is 6.46. The second-order valence-electron chi connectivity index (χ2n) is 20.1. The molecule has 2 aliphatic rings. The van der Waals surface area contributed by atoms with Crippen molar-refractivity contribution in [3.05, 3.63) is 166 Å². The van der Waals surface area contributed by atoms with Crippen LogP contribution in [0.4, 0.5) is 11.4 Å². The summed E-state index contributed by atoms with van der Waals surface area (Å²) < 4.78 is 25.3. The van der Waals surface area contributed by atoms with E-state index in [0.717, 1.165) is 35.1 Å². The van der Waals surface area contributed by atoms with Gasteiger partial charge in [-0.15, -0.1) is 0 Å². The van der Waals surface area contributed by atoms with E-state index in [1.807, 2.05) is 48.5 Å². The molecule has 0 aromatic heterocycles. The molecule has 0 fully saturated rings. The van der Waals surface area contributed by atoms with Crippen molar-refractivity contribution in [3.8, 4) is 34.5 Å². The molecule has 2 aliphatic heterocycles. The number of nitrogens with zero attached hydrogens (tertiary/aromatic N) is 2. The summed E-state index contributed by atoms with van der Waals surface area (Å²) in [6.45, 7) is 12.3. The Hall–Kier alpha value is -8.32. The monoisotopic (exact) mass is 1010 g/mol. The van der Waals surface area contributed by atoms with Crippen molar-refractivity contribution in [2.24, 2.45) is 0 Å². The molecular weight excluding hydrogens is 957 g/mol. The summed E-state index contributed by atoms with van der Waals surface area (Å²) in [5, 5.41) is 23.2. The third kappa shape index (κ3) is 8.14. The molecule has 9 aromatic carbocycles. The number of hydrogen-bond acceptors (Lipinski definition) is 10. The zero-order valence-corrected chi connectivity index (χ0v) is 43.4. The summed E-state index contributed by atoms with van der Waals surface area (Å²) in [7, 11) is 0. The first-order valence-electron chi connectivity index (χ1n) is 26.2. The van der Waals surface area contributed by atoms with Gasteiger partial charge in [0.2, 0.25) is 0 Å². The van der Waals surface area contributed by atoms with Gasteiger partial charge in [-0.2, -0.15) is 0 Å². The molecule has 0 bridgehead atoms. The van der Waals surface area contributed by atoms with Crippen LogP contribution in [0.1, 0.15) is 130 Å². The quantitative estimate of drug-likeness (QED) is 0.0483. The lowest BCUT2D eigenvalue weighted by atomic mass is 9.81. The zero-order chi connectivity index (χ0) is 53.1. The number of anilines is 2. The Kier molecular flexibility index (Phi) is 13.2. The fraction of sp³-hybridized carbons (Fsp3) is 0.250. The first-order chi connectivity index (χ1) is 36.9. The van der Waals surface area contributed by atoms with Crippen molar-refractivity contribution in [3.63, 3.8) is 0 Å². The van der Waals surface area contributed by atoms with Crippen molar-refractivity contribution < 1.29 is 48.3 Å². The number of carbonyl (C=O) groups excluding carboxylic acids is 4. The van der Waals surface area contributed by atoms with E-state index in [0.29, 0.717) is 113 Å². The number of ether oxygens (including phenoxy) is 4. The number of amides is 4. The van der Waals surface area contributed by atoms with Gasteiger partial charge < -0.3 is 29.2 Å². The maximum atomic E-state index is 15.6. The highest BCUT2D eigenvalue weighted by Crippen LogP contribution is 2.54. The van der Waals surface area contributed by atoms with Gasteiger partial charge >= 0.3 is 0 Å². The van der Waals surface area contributed by atoms with Crippen molar-refractivity contribution in [2.45, 2.75) is 79.1 Å². The molecule has 0 atom stereocenters. The van der Waals surface area contributed by atoms with Crippen LogP contribution in [0.3, 0.4) is 0 Å². The number of aliphatic hydroxyl groups excluding tert-OH is 2. The fourth-order valence-corrected chi connectivity index (χ4v) is 11.4. The largest absolute Gasteiger partial charge is 0.491 e. The minimum Gasteiger partial charge on any atom is -0.491 e. The summed E-state index contributed by atoms with van der Waals surface area (Å²) in [6, 6.07) is 36.5. The summed E-state index contributed by atoms with van der Waals surface area (Å²) in [6.07, 6.45) is 2.90. The standard InChI is InChI=1S/C64H58N2O10/c1-7-11-37-13-9-15-43(35(3)4)59(37)65-61(69)47-27-25-45-56-52(76-42-23-19-40(20-24-42)74-32-30-68)34-50-54-48(62(70)66(64(50)72)60-38(12-8-2)14-10-16-44(60)36(5)6)28-26-46(58(54)56)55-51(33-49(63(65)71)53(47)57(45)55)75-41-21-17-39(18-22-41)73-31-29-67/h9-10,13-28,33-36,67-68H,7-8,11-12,29-32H2,1-6H3.